The molecule has 0 bridgehead atoms. The zero-order valence-corrected chi connectivity index (χ0v) is 19.7. The minimum Gasteiger partial charge on any atom is -0.474 e. The molecule has 3 heterocycles. The minimum absolute atomic E-state index is 0.155. The van der Waals surface area contributed by atoms with Crippen LogP contribution in [0.3, 0.4) is 0 Å². The highest BCUT2D eigenvalue weighted by Gasteiger charge is 2.26. The maximum absolute atomic E-state index is 6.43. The van der Waals surface area contributed by atoms with Crippen LogP contribution in [0.5, 0.6) is 5.88 Å². The predicted octanol–water partition coefficient (Wildman–Crippen LogP) is 4.71. The normalized spacial score (nSPS) is 22.0. The fraction of sp³-hybridized carbons (Fsp3) is 0.560. The molecule has 0 spiro atoms. The molecule has 1 aliphatic carbocycles. The van der Waals surface area contributed by atoms with Gasteiger partial charge in [0.25, 0.3) is 0 Å². The molecule has 174 valence electrons. The number of aliphatic imine (C=N–C) groups is 1. The largest absolute Gasteiger partial charge is 0.474 e. The van der Waals surface area contributed by atoms with Crippen LogP contribution in [0.15, 0.2) is 41.2 Å². The maximum atomic E-state index is 6.43. The van der Waals surface area contributed by atoms with Crippen molar-refractivity contribution < 1.29 is 9.47 Å². The highest BCUT2D eigenvalue weighted by molar-refractivity contribution is 5.85. The van der Waals surface area contributed by atoms with Gasteiger partial charge < -0.3 is 20.1 Å². The molecule has 0 amide bonds. The lowest BCUT2D eigenvalue weighted by Crippen LogP contribution is -2.36. The van der Waals surface area contributed by atoms with Gasteiger partial charge in [-0.1, -0.05) is 26.3 Å². The third kappa shape index (κ3) is 6.19. The lowest BCUT2D eigenvalue weighted by atomic mass is 9.85. The van der Waals surface area contributed by atoms with E-state index in [2.05, 4.69) is 34.8 Å². The quantitative estimate of drug-likeness (QED) is 0.536. The topological polar surface area (TPSA) is 85.9 Å². The van der Waals surface area contributed by atoms with Gasteiger partial charge in [-0.15, -0.1) is 0 Å². The lowest BCUT2D eigenvalue weighted by Gasteiger charge is -2.30. The van der Waals surface area contributed by atoms with Gasteiger partial charge in [-0.2, -0.15) is 4.98 Å². The van der Waals surface area contributed by atoms with E-state index < -0.39 is 0 Å². The van der Waals surface area contributed by atoms with Gasteiger partial charge in [0.1, 0.15) is 11.9 Å². The Bertz CT molecular complexity index is 900. The molecule has 4 rings (SSSR count). The molecule has 0 unspecified atom stereocenters. The van der Waals surface area contributed by atoms with Gasteiger partial charge in [0.05, 0.1) is 30.5 Å². The highest BCUT2D eigenvalue weighted by atomic mass is 16.5. The number of hydrogen-bond acceptors (Lipinski definition) is 6. The molecule has 32 heavy (non-hydrogen) atoms. The first-order chi connectivity index (χ1) is 15.7. The standard InChI is InChI=1S/C22H29N5O2.C3H8/c1-2-19(25-15-23)16-5-7-17(8-6-16)29-22-18-4-3-9-24-20(18)14-21(26-22)27-10-12-28-13-11-27;1-3-2/h2-4,9,14-17H,5-8,10-13H2,1H3,(H2,23,25);3H2,1-2H3/b19-2+;. The molecular weight excluding hydrogens is 402 g/mol. The van der Waals surface area contributed by atoms with E-state index in [-0.39, 0.29) is 6.10 Å². The average molecular weight is 440 g/mol. The van der Waals surface area contributed by atoms with Gasteiger partial charge in [0, 0.05) is 37.0 Å². The second-order valence-corrected chi connectivity index (χ2v) is 8.25. The Labute approximate surface area is 191 Å². The number of hydrogen-bond donors (Lipinski definition) is 1. The summed E-state index contributed by atoms with van der Waals surface area (Å²) >= 11 is 0. The summed E-state index contributed by atoms with van der Waals surface area (Å²) in [6.45, 7) is 9.39. The summed E-state index contributed by atoms with van der Waals surface area (Å²) in [6.07, 6.45) is 10.7. The van der Waals surface area contributed by atoms with Crippen LogP contribution in [0.25, 0.3) is 10.9 Å². The van der Waals surface area contributed by atoms with E-state index in [1.165, 1.54) is 12.8 Å². The van der Waals surface area contributed by atoms with Gasteiger partial charge in [-0.3, -0.25) is 4.98 Å². The van der Waals surface area contributed by atoms with E-state index in [4.69, 9.17) is 20.2 Å². The van der Waals surface area contributed by atoms with E-state index in [1.54, 1.807) is 0 Å². The van der Waals surface area contributed by atoms with Crippen molar-refractivity contribution in [1.29, 1.82) is 0 Å². The Morgan fingerprint density at radius 2 is 1.97 bits per heavy atom. The van der Waals surface area contributed by atoms with Crippen molar-refractivity contribution in [3.05, 3.63) is 36.2 Å². The highest BCUT2D eigenvalue weighted by Crippen LogP contribution is 2.34. The predicted molar refractivity (Wildman–Crippen MR) is 131 cm³/mol. The summed E-state index contributed by atoms with van der Waals surface area (Å²) in [4.78, 5) is 16.0. The van der Waals surface area contributed by atoms with Gasteiger partial charge in [-0.25, -0.2) is 4.99 Å². The zero-order valence-electron chi connectivity index (χ0n) is 19.7. The second kappa shape index (κ2) is 12.4. The number of fused-ring (bicyclic) bond motifs is 1. The first kappa shape index (κ1) is 24.0. The number of allylic oxidation sites excluding steroid dienone is 2. The fourth-order valence-corrected chi connectivity index (χ4v) is 4.21. The number of rotatable bonds is 5. The molecule has 7 nitrogen and oxygen atoms in total. The second-order valence-electron chi connectivity index (χ2n) is 8.25. The van der Waals surface area contributed by atoms with Crippen molar-refractivity contribution in [2.75, 3.05) is 31.2 Å². The van der Waals surface area contributed by atoms with Crippen LogP contribution in [0.2, 0.25) is 0 Å². The molecule has 2 fully saturated rings. The van der Waals surface area contributed by atoms with Crippen molar-refractivity contribution in [3.8, 4) is 5.88 Å². The van der Waals surface area contributed by atoms with Crippen LogP contribution in [-0.4, -0.2) is 48.7 Å². The van der Waals surface area contributed by atoms with Crippen LogP contribution in [0, 0.1) is 5.92 Å². The van der Waals surface area contributed by atoms with Gasteiger partial charge in [0.2, 0.25) is 5.88 Å². The fourth-order valence-electron chi connectivity index (χ4n) is 4.21. The molecule has 0 atom stereocenters. The average Bonchev–Trinajstić information content (AvgIpc) is 2.84. The third-order valence-electron chi connectivity index (χ3n) is 5.78. The minimum atomic E-state index is 0.155. The molecule has 1 saturated heterocycles. The van der Waals surface area contributed by atoms with Crippen molar-refractivity contribution in [2.24, 2.45) is 16.6 Å². The summed E-state index contributed by atoms with van der Waals surface area (Å²) in [5.74, 6) is 2.05. The van der Waals surface area contributed by atoms with Crippen LogP contribution in [0.4, 0.5) is 5.82 Å². The Morgan fingerprint density at radius 1 is 1.25 bits per heavy atom. The third-order valence-corrected chi connectivity index (χ3v) is 5.78. The SMILES string of the molecule is C/C=C(/N=CN)C1CCC(Oc2nc(N3CCOCC3)cc3ncccc23)CC1.CCC. The number of anilines is 1. The smallest absolute Gasteiger partial charge is 0.225 e. The Balaban J connectivity index is 0.000000913. The van der Waals surface area contributed by atoms with Crippen molar-refractivity contribution in [3.63, 3.8) is 0 Å². The summed E-state index contributed by atoms with van der Waals surface area (Å²) in [7, 11) is 0. The maximum Gasteiger partial charge on any atom is 0.225 e. The van der Waals surface area contributed by atoms with Crippen LogP contribution in [-0.2, 0) is 4.74 Å². The van der Waals surface area contributed by atoms with E-state index in [9.17, 15) is 0 Å². The van der Waals surface area contributed by atoms with Crippen LogP contribution in [0.1, 0.15) is 52.9 Å². The first-order valence-electron chi connectivity index (χ1n) is 11.9. The van der Waals surface area contributed by atoms with Crippen molar-refractivity contribution in [2.45, 2.75) is 59.0 Å². The summed E-state index contributed by atoms with van der Waals surface area (Å²) in [5, 5.41) is 0.966. The van der Waals surface area contributed by atoms with E-state index >= 15 is 0 Å². The van der Waals surface area contributed by atoms with E-state index in [1.807, 2.05) is 31.3 Å². The van der Waals surface area contributed by atoms with Crippen LogP contribution < -0.4 is 15.4 Å². The Kier molecular flexibility index (Phi) is 9.28. The molecule has 1 aliphatic heterocycles. The molecular formula is C25H37N5O2. The van der Waals surface area contributed by atoms with E-state index in [0.29, 0.717) is 11.8 Å². The molecule has 0 radical (unpaired) electrons. The molecule has 2 N–H and O–H groups in total. The molecule has 1 saturated carbocycles. The van der Waals surface area contributed by atoms with Gasteiger partial charge in [0.15, 0.2) is 0 Å². The summed E-state index contributed by atoms with van der Waals surface area (Å²) in [6, 6.07) is 6.02. The number of morpholine rings is 1. The summed E-state index contributed by atoms with van der Waals surface area (Å²) < 4.78 is 11.9. The van der Waals surface area contributed by atoms with E-state index in [0.717, 1.165) is 74.4 Å². The van der Waals surface area contributed by atoms with Crippen LogP contribution >= 0.6 is 0 Å². The Hall–Kier alpha value is -2.67. The Morgan fingerprint density at radius 3 is 2.62 bits per heavy atom. The van der Waals surface area contributed by atoms with Crippen molar-refractivity contribution in [1.82, 2.24) is 9.97 Å². The molecule has 2 aromatic heterocycles. The number of nitrogens with two attached hydrogens (primary N) is 1. The first-order valence-corrected chi connectivity index (χ1v) is 11.9. The summed E-state index contributed by atoms with van der Waals surface area (Å²) in [5.41, 5.74) is 7.48. The zero-order chi connectivity index (χ0) is 22.8. The monoisotopic (exact) mass is 439 g/mol. The number of pyridine rings is 2. The number of aromatic nitrogens is 2. The molecule has 7 heteroatoms. The molecule has 0 aromatic carbocycles. The lowest BCUT2D eigenvalue weighted by molar-refractivity contribution is 0.121. The molecule has 2 aromatic rings. The van der Waals surface area contributed by atoms with Gasteiger partial charge in [-0.05, 0) is 44.7 Å². The number of ether oxygens (including phenoxy) is 2. The van der Waals surface area contributed by atoms with Gasteiger partial charge >= 0.3 is 0 Å². The van der Waals surface area contributed by atoms with Crippen molar-refractivity contribution >= 4 is 23.1 Å². The molecule has 2 aliphatic rings. The number of nitrogens with zero attached hydrogens (tertiary/aromatic N) is 4.